The highest BCUT2D eigenvalue weighted by molar-refractivity contribution is 6.28. The number of amidine groups is 1. The number of anilines is 1. The molecule has 5 nitrogen and oxygen atoms in total. The maximum atomic E-state index is 12.7. The molecule has 1 aromatic heterocycles. The quantitative estimate of drug-likeness (QED) is 0.868. The number of aliphatic hydroxyl groups is 1. The van der Waals surface area contributed by atoms with E-state index in [4.69, 9.17) is 0 Å². The standard InChI is InChI=1S/C16H15N3O2/c1-18-9-7-12-13(18)14(20)16(21)8-10-19(15(16)17-12)11-5-3-2-4-6-11/h2-7,9,21H,8,10H2,1H3. The smallest absolute Gasteiger partial charge is 0.220 e. The number of hydrogen-bond donors (Lipinski definition) is 1. The highest BCUT2D eigenvalue weighted by Crippen LogP contribution is 2.39. The Morgan fingerprint density at radius 1 is 1.24 bits per heavy atom. The van der Waals surface area contributed by atoms with Gasteiger partial charge < -0.3 is 14.6 Å². The average Bonchev–Trinajstić information content (AvgIpc) is 3.03. The summed E-state index contributed by atoms with van der Waals surface area (Å²) in [6, 6.07) is 11.5. The Balaban J connectivity index is 1.88. The van der Waals surface area contributed by atoms with E-state index in [0.29, 0.717) is 30.2 Å². The minimum absolute atomic E-state index is 0.256. The van der Waals surface area contributed by atoms with Crippen LogP contribution in [0.4, 0.5) is 11.4 Å². The molecule has 0 aliphatic carbocycles. The van der Waals surface area contributed by atoms with E-state index in [1.165, 1.54) is 0 Å². The summed E-state index contributed by atoms with van der Waals surface area (Å²) in [5.74, 6) is 0.186. The van der Waals surface area contributed by atoms with E-state index in [2.05, 4.69) is 4.99 Å². The number of fused-ring (bicyclic) bond motifs is 2. The Kier molecular flexibility index (Phi) is 2.38. The van der Waals surface area contributed by atoms with Crippen molar-refractivity contribution in [2.24, 2.45) is 12.0 Å². The van der Waals surface area contributed by atoms with Crippen molar-refractivity contribution in [1.82, 2.24) is 4.57 Å². The fourth-order valence-electron chi connectivity index (χ4n) is 3.14. The summed E-state index contributed by atoms with van der Waals surface area (Å²) >= 11 is 0. The van der Waals surface area contributed by atoms with E-state index >= 15 is 0 Å². The van der Waals surface area contributed by atoms with Crippen molar-refractivity contribution in [3.63, 3.8) is 0 Å². The van der Waals surface area contributed by atoms with Crippen LogP contribution in [-0.2, 0) is 7.05 Å². The Hall–Kier alpha value is -2.40. The Bertz CT molecular complexity index is 763. The summed E-state index contributed by atoms with van der Waals surface area (Å²) in [4.78, 5) is 19.2. The molecule has 0 spiro atoms. The van der Waals surface area contributed by atoms with Crippen LogP contribution in [0.5, 0.6) is 0 Å². The molecule has 1 aromatic carbocycles. The predicted octanol–water partition coefficient (Wildman–Crippen LogP) is 1.89. The number of carbonyl (C=O) groups is 1. The van der Waals surface area contributed by atoms with Gasteiger partial charge in [-0.15, -0.1) is 0 Å². The Labute approximate surface area is 122 Å². The lowest BCUT2D eigenvalue weighted by Gasteiger charge is -2.29. The van der Waals surface area contributed by atoms with E-state index in [-0.39, 0.29) is 5.78 Å². The van der Waals surface area contributed by atoms with E-state index in [9.17, 15) is 9.90 Å². The molecule has 2 aromatic rings. The number of ketones is 1. The lowest BCUT2D eigenvalue weighted by atomic mass is 9.91. The predicted molar refractivity (Wildman–Crippen MR) is 80.2 cm³/mol. The second-order valence-corrected chi connectivity index (χ2v) is 5.52. The molecule has 21 heavy (non-hydrogen) atoms. The molecule has 5 heteroatoms. The van der Waals surface area contributed by atoms with Crippen LogP contribution in [-0.4, -0.2) is 33.4 Å². The molecule has 1 atom stereocenters. The second-order valence-electron chi connectivity index (χ2n) is 5.52. The van der Waals surface area contributed by atoms with Gasteiger partial charge in [0.2, 0.25) is 5.78 Å². The number of rotatable bonds is 1. The Morgan fingerprint density at radius 3 is 2.76 bits per heavy atom. The zero-order chi connectivity index (χ0) is 14.6. The molecule has 1 N–H and O–H groups in total. The van der Waals surface area contributed by atoms with Crippen LogP contribution in [0.25, 0.3) is 0 Å². The van der Waals surface area contributed by atoms with Gasteiger partial charge in [0.05, 0.1) is 5.69 Å². The van der Waals surface area contributed by atoms with Crippen molar-refractivity contribution in [1.29, 1.82) is 0 Å². The highest BCUT2D eigenvalue weighted by Gasteiger charge is 2.53. The minimum Gasteiger partial charge on any atom is -0.374 e. The van der Waals surface area contributed by atoms with Crippen LogP contribution in [0, 0.1) is 0 Å². The van der Waals surface area contributed by atoms with Gasteiger partial charge in [-0.2, -0.15) is 0 Å². The molecule has 106 valence electrons. The van der Waals surface area contributed by atoms with Gasteiger partial charge >= 0.3 is 0 Å². The Morgan fingerprint density at radius 2 is 2.00 bits per heavy atom. The minimum atomic E-state index is -1.51. The molecule has 0 radical (unpaired) electrons. The van der Waals surface area contributed by atoms with Crippen molar-refractivity contribution in [3.8, 4) is 0 Å². The van der Waals surface area contributed by atoms with Crippen LogP contribution in [0.2, 0.25) is 0 Å². The van der Waals surface area contributed by atoms with Gasteiger partial charge in [-0.3, -0.25) is 4.79 Å². The van der Waals surface area contributed by atoms with Crippen LogP contribution < -0.4 is 4.90 Å². The highest BCUT2D eigenvalue weighted by atomic mass is 16.3. The number of nitrogens with zero attached hydrogens (tertiary/aromatic N) is 3. The zero-order valence-corrected chi connectivity index (χ0v) is 11.7. The lowest BCUT2D eigenvalue weighted by molar-refractivity contribution is 0.0593. The molecule has 2 aliphatic heterocycles. The topological polar surface area (TPSA) is 57.8 Å². The number of aryl methyl sites for hydroxylation is 1. The van der Waals surface area contributed by atoms with E-state index in [0.717, 1.165) is 5.69 Å². The van der Waals surface area contributed by atoms with Crippen molar-refractivity contribution in [2.75, 3.05) is 11.4 Å². The van der Waals surface area contributed by atoms with Crippen LogP contribution in [0.1, 0.15) is 16.9 Å². The maximum absolute atomic E-state index is 12.7. The molecule has 1 unspecified atom stereocenters. The summed E-state index contributed by atoms with van der Waals surface area (Å²) in [5, 5.41) is 10.9. The molecule has 0 saturated carbocycles. The zero-order valence-electron chi connectivity index (χ0n) is 11.7. The molecule has 2 aliphatic rings. The first-order valence-electron chi connectivity index (χ1n) is 6.95. The molecule has 0 bridgehead atoms. The SMILES string of the molecule is Cn1ccc2c1C(=O)C1(O)CCN(c3ccccc3)C1=N2. The summed E-state index contributed by atoms with van der Waals surface area (Å²) in [7, 11) is 1.80. The van der Waals surface area contributed by atoms with Crippen molar-refractivity contribution in [2.45, 2.75) is 12.0 Å². The molecular weight excluding hydrogens is 266 g/mol. The average molecular weight is 281 g/mol. The molecule has 3 heterocycles. The van der Waals surface area contributed by atoms with Crippen molar-refractivity contribution in [3.05, 3.63) is 48.3 Å². The van der Waals surface area contributed by atoms with Gasteiger partial charge in [-0.05, 0) is 18.2 Å². The first-order valence-corrected chi connectivity index (χ1v) is 6.95. The first-order chi connectivity index (χ1) is 10.1. The van der Waals surface area contributed by atoms with E-state index in [1.807, 2.05) is 35.2 Å². The monoisotopic (exact) mass is 281 g/mol. The third-order valence-corrected chi connectivity index (χ3v) is 4.26. The number of para-hydroxylation sites is 1. The summed E-state index contributed by atoms with van der Waals surface area (Å²) in [6.07, 6.45) is 2.16. The molecule has 1 saturated heterocycles. The summed E-state index contributed by atoms with van der Waals surface area (Å²) < 4.78 is 1.72. The molecule has 4 rings (SSSR count). The third-order valence-electron chi connectivity index (χ3n) is 4.26. The van der Waals surface area contributed by atoms with Gasteiger partial charge in [-0.25, -0.2) is 4.99 Å². The summed E-state index contributed by atoms with van der Waals surface area (Å²) in [5.41, 5.74) is 0.551. The largest absolute Gasteiger partial charge is 0.374 e. The van der Waals surface area contributed by atoms with E-state index in [1.54, 1.807) is 23.9 Å². The maximum Gasteiger partial charge on any atom is 0.220 e. The van der Waals surface area contributed by atoms with Gasteiger partial charge in [0.25, 0.3) is 0 Å². The van der Waals surface area contributed by atoms with E-state index < -0.39 is 5.60 Å². The number of carbonyl (C=O) groups excluding carboxylic acids is 1. The number of aliphatic imine (C=N–C) groups is 1. The van der Waals surface area contributed by atoms with Gasteiger partial charge in [-0.1, -0.05) is 18.2 Å². The molecular formula is C16H15N3O2. The molecule has 1 fully saturated rings. The number of aromatic nitrogens is 1. The fraction of sp³-hybridized carbons (Fsp3) is 0.250. The third kappa shape index (κ3) is 1.55. The van der Waals surface area contributed by atoms with Crippen LogP contribution in [0.15, 0.2) is 47.6 Å². The van der Waals surface area contributed by atoms with Gasteiger partial charge in [0.1, 0.15) is 11.5 Å². The first kappa shape index (κ1) is 12.3. The second kappa shape index (κ2) is 4.05. The summed E-state index contributed by atoms with van der Waals surface area (Å²) in [6.45, 7) is 0.582. The number of benzene rings is 1. The van der Waals surface area contributed by atoms with Crippen LogP contribution in [0.3, 0.4) is 0 Å². The number of hydrogen-bond acceptors (Lipinski definition) is 4. The van der Waals surface area contributed by atoms with Gasteiger partial charge in [0, 0.05) is 31.9 Å². The lowest BCUT2D eigenvalue weighted by Crippen LogP contribution is -2.49. The molecule has 0 amide bonds. The van der Waals surface area contributed by atoms with Crippen molar-refractivity contribution >= 4 is 23.0 Å². The fourth-order valence-corrected chi connectivity index (χ4v) is 3.14. The van der Waals surface area contributed by atoms with Gasteiger partial charge in [0.15, 0.2) is 5.60 Å². The number of Topliss-reactive ketones (excluding diaryl/α,β-unsaturated/α-hetero) is 1. The van der Waals surface area contributed by atoms with Crippen LogP contribution >= 0.6 is 0 Å². The normalized spacial score (nSPS) is 23.8. The van der Waals surface area contributed by atoms with Crippen molar-refractivity contribution < 1.29 is 9.90 Å².